The van der Waals surface area contributed by atoms with Gasteiger partial charge in [0.1, 0.15) is 11.4 Å². The zero-order valence-corrected chi connectivity index (χ0v) is 14.7. The van der Waals surface area contributed by atoms with Crippen LogP contribution in [0.1, 0.15) is 60.8 Å². The molecule has 0 bridgehead atoms. The average molecular weight is 370 g/mol. The number of carbonyl (C=O) groups is 1. The summed E-state index contributed by atoms with van der Waals surface area (Å²) >= 11 is 0. The van der Waals surface area contributed by atoms with E-state index in [0.717, 1.165) is 23.7 Å². The number of nitrogens with one attached hydrogen (secondary N) is 1. The van der Waals surface area contributed by atoms with E-state index >= 15 is 0 Å². The molecule has 2 aromatic heterocycles. The molecule has 1 aromatic carbocycles. The number of pyridine rings is 1. The van der Waals surface area contributed by atoms with Crippen LogP contribution in [0.5, 0.6) is 0 Å². The molecule has 0 radical (unpaired) electrons. The molecular weight excluding hydrogens is 350 g/mol. The van der Waals surface area contributed by atoms with Crippen LogP contribution in [0, 0.1) is 0 Å². The summed E-state index contributed by atoms with van der Waals surface area (Å²) in [6.45, 7) is 0. The van der Waals surface area contributed by atoms with Crippen molar-refractivity contribution in [2.75, 3.05) is 5.32 Å². The van der Waals surface area contributed by atoms with Crippen LogP contribution >= 0.6 is 0 Å². The van der Waals surface area contributed by atoms with E-state index in [9.17, 15) is 13.6 Å². The first-order chi connectivity index (χ1) is 13.1. The lowest BCUT2D eigenvalue weighted by Gasteiger charge is -2.21. The van der Waals surface area contributed by atoms with E-state index in [1.54, 1.807) is 6.07 Å². The summed E-state index contributed by atoms with van der Waals surface area (Å²) < 4.78 is 27.6. The predicted octanol–water partition coefficient (Wildman–Crippen LogP) is 5.13. The highest BCUT2D eigenvalue weighted by molar-refractivity contribution is 6.03. The largest absolute Gasteiger partial charge is 0.321 e. The second-order valence-electron chi connectivity index (χ2n) is 6.88. The Morgan fingerprint density at radius 1 is 1.15 bits per heavy atom. The third kappa shape index (κ3) is 3.82. The van der Waals surface area contributed by atoms with Gasteiger partial charge in [0, 0.05) is 17.3 Å². The van der Waals surface area contributed by atoms with Gasteiger partial charge in [-0.15, -0.1) is 0 Å². The van der Waals surface area contributed by atoms with Gasteiger partial charge in [-0.2, -0.15) is 5.10 Å². The van der Waals surface area contributed by atoms with Crippen molar-refractivity contribution < 1.29 is 13.6 Å². The number of benzene rings is 1. The Kier molecular flexibility index (Phi) is 4.83. The van der Waals surface area contributed by atoms with Crippen molar-refractivity contribution in [3.8, 4) is 0 Å². The second kappa shape index (κ2) is 7.42. The Morgan fingerprint density at radius 2 is 1.96 bits per heavy atom. The van der Waals surface area contributed by atoms with E-state index in [0.29, 0.717) is 11.7 Å². The quantitative estimate of drug-likeness (QED) is 0.693. The van der Waals surface area contributed by atoms with Crippen LogP contribution in [0.4, 0.5) is 14.5 Å². The van der Waals surface area contributed by atoms with Crippen LogP contribution in [0.25, 0.3) is 10.9 Å². The highest BCUT2D eigenvalue weighted by atomic mass is 19.3. The zero-order valence-electron chi connectivity index (χ0n) is 14.7. The zero-order chi connectivity index (χ0) is 18.8. The molecule has 7 heteroatoms. The smallest absolute Gasteiger partial charge is 0.280 e. The summed E-state index contributed by atoms with van der Waals surface area (Å²) in [4.78, 5) is 16.1. The number of nitrogens with zero attached hydrogens (tertiary/aromatic N) is 3. The molecule has 27 heavy (non-hydrogen) atoms. The lowest BCUT2D eigenvalue weighted by atomic mass is 9.96. The Morgan fingerprint density at radius 3 is 2.74 bits per heavy atom. The van der Waals surface area contributed by atoms with Gasteiger partial charge in [-0.3, -0.25) is 9.48 Å². The summed E-state index contributed by atoms with van der Waals surface area (Å²) in [6, 6.07) is 9.92. The standard InChI is InChI=1S/C20H20F2N4O/c21-19(22)17-7-4-8-18(24-17)20(27)23-14-9-10-16-13(11-14)12-26(25-16)15-5-2-1-3-6-15/h4,7-12,15,19H,1-3,5-6H2,(H,23,27). The number of aromatic nitrogens is 3. The second-order valence-corrected chi connectivity index (χ2v) is 6.88. The van der Waals surface area contributed by atoms with Crippen LogP contribution in [0.15, 0.2) is 42.6 Å². The van der Waals surface area contributed by atoms with Gasteiger partial charge in [0.2, 0.25) is 0 Å². The Labute approximate surface area is 155 Å². The predicted molar refractivity (Wildman–Crippen MR) is 99.0 cm³/mol. The molecule has 0 aliphatic heterocycles. The van der Waals surface area contributed by atoms with E-state index in [4.69, 9.17) is 0 Å². The van der Waals surface area contributed by atoms with Gasteiger partial charge in [0.25, 0.3) is 12.3 Å². The van der Waals surface area contributed by atoms with Gasteiger partial charge in [-0.1, -0.05) is 25.3 Å². The van der Waals surface area contributed by atoms with Gasteiger partial charge < -0.3 is 5.32 Å². The first kappa shape index (κ1) is 17.6. The van der Waals surface area contributed by atoms with Crippen LogP contribution < -0.4 is 5.32 Å². The number of hydrogen-bond acceptors (Lipinski definition) is 3. The number of alkyl halides is 2. The number of halogens is 2. The molecule has 4 rings (SSSR count). The molecule has 0 atom stereocenters. The van der Waals surface area contributed by atoms with Gasteiger partial charge >= 0.3 is 0 Å². The SMILES string of the molecule is O=C(Nc1ccc2nn(C3CCCCC3)cc2c1)c1cccc(C(F)F)n1. The van der Waals surface area contributed by atoms with Crippen LogP contribution in [0.3, 0.4) is 0 Å². The number of fused-ring (bicyclic) bond motifs is 1. The lowest BCUT2D eigenvalue weighted by molar-refractivity contribution is 0.102. The topological polar surface area (TPSA) is 59.8 Å². The van der Waals surface area contributed by atoms with Crippen LogP contribution in [-0.4, -0.2) is 20.7 Å². The van der Waals surface area contributed by atoms with Crippen molar-refractivity contribution in [2.45, 2.75) is 44.6 Å². The van der Waals surface area contributed by atoms with Crippen LogP contribution in [-0.2, 0) is 0 Å². The minimum atomic E-state index is -2.71. The van der Waals surface area contributed by atoms with Crippen molar-refractivity contribution in [3.05, 3.63) is 54.0 Å². The first-order valence-corrected chi connectivity index (χ1v) is 9.15. The van der Waals surface area contributed by atoms with Crippen molar-refractivity contribution >= 4 is 22.5 Å². The molecule has 1 aliphatic carbocycles. The molecule has 0 unspecified atom stereocenters. The maximum Gasteiger partial charge on any atom is 0.280 e. The summed E-state index contributed by atoms with van der Waals surface area (Å²) in [7, 11) is 0. The average Bonchev–Trinajstić information content (AvgIpc) is 3.12. The molecule has 0 saturated heterocycles. The normalized spacial score (nSPS) is 15.4. The minimum absolute atomic E-state index is 0.0363. The van der Waals surface area contributed by atoms with Crippen molar-refractivity contribution in [1.29, 1.82) is 0 Å². The Hall–Kier alpha value is -2.83. The maximum atomic E-state index is 12.8. The molecule has 1 saturated carbocycles. The van der Waals surface area contributed by atoms with Gasteiger partial charge in [0.15, 0.2) is 0 Å². The Bertz CT molecular complexity index is 964. The molecule has 1 aliphatic rings. The van der Waals surface area contributed by atoms with E-state index < -0.39 is 18.0 Å². The fourth-order valence-electron chi connectivity index (χ4n) is 3.55. The van der Waals surface area contributed by atoms with Gasteiger partial charge in [-0.05, 0) is 43.2 Å². The van der Waals surface area contributed by atoms with Crippen molar-refractivity contribution in [1.82, 2.24) is 14.8 Å². The summed E-state index contributed by atoms with van der Waals surface area (Å²) in [5.74, 6) is -0.517. The molecule has 1 N–H and O–H groups in total. The molecule has 5 nitrogen and oxygen atoms in total. The molecule has 3 aromatic rings. The molecule has 1 fully saturated rings. The van der Waals surface area contributed by atoms with E-state index in [1.807, 2.05) is 23.0 Å². The molecule has 0 spiro atoms. The molecular formula is C20H20F2N4O. The van der Waals surface area contributed by atoms with Gasteiger partial charge in [0.05, 0.1) is 11.6 Å². The third-order valence-corrected chi connectivity index (χ3v) is 4.96. The number of rotatable bonds is 4. The highest BCUT2D eigenvalue weighted by Crippen LogP contribution is 2.29. The summed E-state index contributed by atoms with van der Waals surface area (Å²) in [5, 5.41) is 8.31. The molecule has 1 amide bonds. The van der Waals surface area contributed by atoms with E-state index in [1.165, 1.54) is 37.5 Å². The fraction of sp³-hybridized carbons (Fsp3) is 0.350. The minimum Gasteiger partial charge on any atom is -0.321 e. The number of carbonyl (C=O) groups excluding carboxylic acids is 1. The van der Waals surface area contributed by atoms with Crippen LogP contribution in [0.2, 0.25) is 0 Å². The third-order valence-electron chi connectivity index (χ3n) is 4.96. The monoisotopic (exact) mass is 370 g/mol. The summed E-state index contributed by atoms with van der Waals surface area (Å²) in [6.07, 6.45) is 5.33. The number of amides is 1. The molecule has 140 valence electrons. The first-order valence-electron chi connectivity index (χ1n) is 9.15. The van der Waals surface area contributed by atoms with E-state index in [-0.39, 0.29) is 5.69 Å². The van der Waals surface area contributed by atoms with Crippen molar-refractivity contribution in [2.24, 2.45) is 0 Å². The summed E-state index contributed by atoms with van der Waals surface area (Å²) in [5.41, 5.74) is 1.01. The maximum absolute atomic E-state index is 12.8. The Balaban J connectivity index is 1.53. The molecule has 2 heterocycles. The fourth-order valence-corrected chi connectivity index (χ4v) is 3.55. The lowest BCUT2D eigenvalue weighted by Crippen LogP contribution is -2.14. The number of anilines is 1. The highest BCUT2D eigenvalue weighted by Gasteiger charge is 2.17. The van der Waals surface area contributed by atoms with E-state index in [2.05, 4.69) is 15.4 Å². The number of hydrogen-bond donors (Lipinski definition) is 1. The van der Waals surface area contributed by atoms with Crippen molar-refractivity contribution in [3.63, 3.8) is 0 Å². The van der Waals surface area contributed by atoms with Gasteiger partial charge in [-0.25, -0.2) is 13.8 Å².